The van der Waals surface area contributed by atoms with Gasteiger partial charge in [-0.3, -0.25) is 4.79 Å². The zero-order chi connectivity index (χ0) is 12.0. The average molecular weight is 238 g/mol. The maximum Gasteiger partial charge on any atom is 0.231 e. The average Bonchev–Trinajstić information content (AvgIpc) is 2.17. The Kier molecular flexibility index (Phi) is 4.88. The van der Waals surface area contributed by atoms with Crippen LogP contribution < -0.4 is 11.1 Å². The van der Waals surface area contributed by atoms with Crippen LogP contribution in [0.3, 0.4) is 0 Å². The van der Waals surface area contributed by atoms with Crippen LogP contribution in [0.25, 0.3) is 0 Å². The molecule has 5 heteroatoms. The third-order valence-corrected chi connectivity index (χ3v) is 2.00. The van der Waals surface area contributed by atoms with Crippen molar-refractivity contribution < 1.29 is 9.53 Å². The zero-order valence-electron chi connectivity index (χ0n) is 9.03. The van der Waals surface area contributed by atoms with Crippen LogP contribution in [-0.4, -0.2) is 18.0 Å². The Morgan fingerprint density at radius 2 is 2.31 bits per heavy atom. The van der Waals surface area contributed by atoms with E-state index in [0.29, 0.717) is 6.61 Å². The molecule has 0 bridgehead atoms. The molecule has 0 saturated heterocycles. The van der Waals surface area contributed by atoms with E-state index < -0.39 is 0 Å². The smallest absolute Gasteiger partial charge is 0.231 e. The zero-order valence-corrected chi connectivity index (χ0v) is 9.84. The van der Waals surface area contributed by atoms with Crippen molar-refractivity contribution in [3.05, 3.63) is 29.8 Å². The number of hydrogen-bond donors (Lipinski definition) is 2. The lowest BCUT2D eigenvalue weighted by Gasteiger charge is -2.06. The van der Waals surface area contributed by atoms with Gasteiger partial charge in [0.15, 0.2) is 0 Å². The summed E-state index contributed by atoms with van der Waals surface area (Å²) in [7, 11) is 1.62. The van der Waals surface area contributed by atoms with Crippen molar-refractivity contribution in [1.29, 1.82) is 0 Å². The van der Waals surface area contributed by atoms with Crippen molar-refractivity contribution in [3.8, 4) is 0 Å². The molecule has 0 spiro atoms. The predicted octanol–water partition coefficient (Wildman–Crippen LogP) is 1.45. The molecule has 0 saturated carbocycles. The van der Waals surface area contributed by atoms with Gasteiger partial charge in [0.25, 0.3) is 0 Å². The Morgan fingerprint density at radius 1 is 1.56 bits per heavy atom. The number of carbonyl (C=O) groups excluding carboxylic acids is 1. The first-order chi connectivity index (χ1) is 7.61. The molecule has 1 rings (SSSR count). The van der Waals surface area contributed by atoms with E-state index in [1.165, 1.54) is 0 Å². The van der Waals surface area contributed by atoms with Crippen LogP contribution >= 0.6 is 12.2 Å². The Hall–Kier alpha value is -1.46. The molecule has 0 atom stereocenters. The number of nitrogens with two attached hydrogens (primary N) is 1. The summed E-state index contributed by atoms with van der Waals surface area (Å²) >= 11 is 4.65. The van der Waals surface area contributed by atoms with Gasteiger partial charge < -0.3 is 15.8 Å². The number of rotatable bonds is 5. The lowest BCUT2D eigenvalue weighted by atomic mass is 10.2. The number of hydrogen-bond acceptors (Lipinski definition) is 3. The minimum atomic E-state index is -0.206. The fourth-order valence-electron chi connectivity index (χ4n) is 1.27. The van der Waals surface area contributed by atoms with E-state index in [2.05, 4.69) is 17.5 Å². The molecule has 1 amide bonds. The van der Waals surface area contributed by atoms with E-state index in [1.807, 2.05) is 18.2 Å². The lowest BCUT2D eigenvalue weighted by Crippen LogP contribution is -2.20. The van der Waals surface area contributed by atoms with Gasteiger partial charge >= 0.3 is 0 Å². The molecule has 0 aliphatic rings. The third-order valence-electron chi connectivity index (χ3n) is 1.86. The van der Waals surface area contributed by atoms with Gasteiger partial charge in [0.05, 0.1) is 18.0 Å². The molecule has 0 aliphatic heterocycles. The van der Waals surface area contributed by atoms with Gasteiger partial charge in [-0.05, 0) is 17.7 Å². The number of anilines is 1. The van der Waals surface area contributed by atoms with E-state index in [9.17, 15) is 4.79 Å². The molecule has 86 valence electrons. The number of ether oxygens (including phenoxy) is 1. The van der Waals surface area contributed by atoms with Crippen LogP contribution in [0.4, 0.5) is 5.69 Å². The number of methoxy groups -OCH3 is 1. The number of thiocarbonyl (C=S) groups is 1. The molecule has 3 N–H and O–H groups in total. The summed E-state index contributed by atoms with van der Waals surface area (Å²) in [6.45, 7) is 0.513. The number of benzene rings is 1. The first-order valence-corrected chi connectivity index (χ1v) is 5.18. The summed E-state index contributed by atoms with van der Waals surface area (Å²) < 4.78 is 5.00. The second-order valence-electron chi connectivity index (χ2n) is 3.32. The highest BCUT2D eigenvalue weighted by atomic mass is 32.1. The van der Waals surface area contributed by atoms with Crippen molar-refractivity contribution in [1.82, 2.24) is 0 Å². The van der Waals surface area contributed by atoms with Gasteiger partial charge in [-0.15, -0.1) is 0 Å². The summed E-state index contributed by atoms with van der Waals surface area (Å²) in [5.74, 6) is -0.206. The maximum absolute atomic E-state index is 11.4. The van der Waals surface area contributed by atoms with E-state index in [-0.39, 0.29) is 17.3 Å². The van der Waals surface area contributed by atoms with E-state index in [4.69, 9.17) is 10.5 Å². The molecule has 0 fully saturated rings. The lowest BCUT2D eigenvalue weighted by molar-refractivity contribution is -0.115. The maximum atomic E-state index is 11.4. The standard InChI is InChI=1S/C11H14N2O2S/c1-15-7-8-3-2-4-9(5-8)13-11(14)6-10(12)16/h2-5H,6-7H2,1H3,(H2,12,16)(H,13,14). The highest BCUT2D eigenvalue weighted by Crippen LogP contribution is 2.11. The van der Waals surface area contributed by atoms with Gasteiger partial charge in [0, 0.05) is 12.8 Å². The van der Waals surface area contributed by atoms with Crippen molar-refractivity contribution in [2.24, 2.45) is 5.73 Å². The van der Waals surface area contributed by atoms with Crippen LogP contribution in [-0.2, 0) is 16.1 Å². The van der Waals surface area contributed by atoms with Crippen molar-refractivity contribution in [2.75, 3.05) is 12.4 Å². The second kappa shape index (κ2) is 6.19. The Balaban J connectivity index is 2.62. The summed E-state index contributed by atoms with van der Waals surface area (Å²) in [5.41, 5.74) is 6.99. The Bertz CT molecular complexity index is 393. The normalized spacial score (nSPS) is 9.81. The summed E-state index contributed by atoms with van der Waals surface area (Å²) in [6, 6.07) is 7.43. The summed E-state index contributed by atoms with van der Waals surface area (Å²) in [6.07, 6.45) is 0.0594. The van der Waals surface area contributed by atoms with Gasteiger partial charge in [0.1, 0.15) is 0 Å². The molecule has 0 heterocycles. The molecule has 0 radical (unpaired) electrons. The molecule has 0 aliphatic carbocycles. The van der Waals surface area contributed by atoms with Crippen LogP contribution in [0.1, 0.15) is 12.0 Å². The van der Waals surface area contributed by atoms with Gasteiger partial charge in [-0.2, -0.15) is 0 Å². The van der Waals surface area contributed by atoms with E-state index in [0.717, 1.165) is 11.3 Å². The first-order valence-electron chi connectivity index (χ1n) is 4.78. The van der Waals surface area contributed by atoms with Crippen LogP contribution in [0.2, 0.25) is 0 Å². The highest BCUT2D eigenvalue weighted by Gasteiger charge is 2.04. The monoisotopic (exact) mass is 238 g/mol. The molecular weight excluding hydrogens is 224 g/mol. The van der Waals surface area contributed by atoms with Gasteiger partial charge in [0.2, 0.25) is 5.91 Å². The minimum absolute atomic E-state index is 0.0594. The number of amides is 1. The minimum Gasteiger partial charge on any atom is -0.393 e. The first kappa shape index (κ1) is 12.6. The molecule has 1 aromatic carbocycles. The molecule has 4 nitrogen and oxygen atoms in total. The van der Waals surface area contributed by atoms with Gasteiger partial charge in [-0.25, -0.2) is 0 Å². The van der Waals surface area contributed by atoms with Crippen LogP contribution in [0.5, 0.6) is 0 Å². The third kappa shape index (κ3) is 4.37. The quantitative estimate of drug-likeness (QED) is 0.762. The summed E-state index contributed by atoms with van der Waals surface area (Å²) in [5, 5.41) is 2.71. The van der Waals surface area contributed by atoms with E-state index >= 15 is 0 Å². The molecular formula is C11H14N2O2S. The van der Waals surface area contributed by atoms with Gasteiger partial charge in [-0.1, -0.05) is 24.4 Å². The topological polar surface area (TPSA) is 64.3 Å². The molecule has 16 heavy (non-hydrogen) atoms. The predicted molar refractivity (Wildman–Crippen MR) is 67.2 cm³/mol. The van der Waals surface area contributed by atoms with Crippen molar-refractivity contribution in [3.63, 3.8) is 0 Å². The Morgan fingerprint density at radius 3 is 2.94 bits per heavy atom. The highest BCUT2D eigenvalue weighted by molar-refractivity contribution is 7.80. The van der Waals surface area contributed by atoms with Crippen LogP contribution in [0, 0.1) is 0 Å². The SMILES string of the molecule is COCc1cccc(NC(=O)CC(N)=S)c1. The fourth-order valence-corrected chi connectivity index (χ4v) is 1.40. The molecule has 1 aromatic rings. The summed E-state index contributed by atoms with van der Waals surface area (Å²) in [4.78, 5) is 11.6. The largest absolute Gasteiger partial charge is 0.393 e. The van der Waals surface area contributed by atoms with E-state index in [1.54, 1.807) is 13.2 Å². The number of nitrogens with one attached hydrogen (secondary N) is 1. The fraction of sp³-hybridized carbons (Fsp3) is 0.273. The second-order valence-corrected chi connectivity index (χ2v) is 3.85. The molecule has 0 aromatic heterocycles. The Labute approximate surface area is 99.8 Å². The number of carbonyl (C=O) groups is 1. The van der Waals surface area contributed by atoms with Crippen molar-refractivity contribution in [2.45, 2.75) is 13.0 Å². The molecule has 0 unspecified atom stereocenters. The van der Waals surface area contributed by atoms with Crippen molar-refractivity contribution >= 4 is 28.8 Å². The van der Waals surface area contributed by atoms with Crippen LogP contribution in [0.15, 0.2) is 24.3 Å².